The monoisotopic (exact) mass is 390 g/mol. The summed E-state index contributed by atoms with van der Waals surface area (Å²) in [6.45, 7) is 6.88. The summed E-state index contributed by atoms with van der Waals surface area (Å²) in [6, 6.07) is 12.5. The van der Waals surface area contributed by atoms with Crippen LogP contribution >= 0.6 is 23.8 Å². The molecule has 0 aliphatic rings. The molecule has 4 nitrogen and oxygen atoms in total. The van der Waals surface area contributed by atoms with E-state index in [9.17, 15) is 4.79 Å². The second-order valence-corrected chi connectivity index (χ2v) is 7.24. The van der Waals surface area contributed by atoms with Gasteiger partial charge >= 0.3 is 0 Å². The molecule has 0 aliphatic carbocycles. The Bertz CT molecular complexity index is 776. The Labute approximate surface area is 164 Å². The van der Waals surface area contributed by atoms with Gasteiger partial charge in [-0.1, -0.05) is 31.5 Å². The zero-order valence-electron chi connectivity index (χ0n) is 15.1. The first-order valence-electron chi connectivity index (χ1n) is 8.46. The molecule has 0 saturated carbocycles. The lowest BCUT2D eigenvalue weighted by molar-refractivity contribution is 0.0977. The van der Waals surface area contributed by atoms with E-state index in [4.69, 9.17) is 28.6 Å². The molecule has 0 saturated heterocycles. The van der Waals surface area contributed by atoms with Gasteiger partial charge in [-0.05, 0) is 73.4 Å². The molecule has 2 rings (SSSR count). The van der Waals surface area contributed by atoms with Crippen molar-refractivity contribution in [1.29, 1.82) is 0 Å². The van der Waals surface area contributed by atoms with Gasteiger partial charge in [-0.3, -0.25) is 10.1 Å². The Balaban J connectivity index is 1.88. The van der Waals surface area contributed by atoms with Gasteiger partial charge in [0.2, 0.25) is 0 Å². The second kappa shape index (κ2) is 9.55. The van der Waals surface area contributed by atoms with E-state index in [1.165, 1.54) is 0 Å². The minimum Gasteiger partial charge on any atom is -0.494 e. The molecule has 0 fully saturated rings. The maximum absolute atomic E-state index is 12.3. The van der Waals surface area contributed by atoms with Crippen LogP contribution in [0.4, 0.5) is 5.69 Å². The summed E-state index contributed by atoms with van der Waals surface area (Å²) in [4.78, 5) is 12.3. The predicted octanol–water partition coefficient (Wildman–Crippen LogP) is 5.20. The molecule has 0 bridgehead atoms. The third kappa shape index (κ3) is 6.32. The quantitative estimate of drug-likeness (QED) is 0.665. The molecular formula is C20H23ClN2O2S. The van der Waals surface area contributed by atoms with Gasteiger partial charge in [0, 0.05) is 16.3 Å². The summed E-state index contributed by atoms with van der Waals surface area (Å²) in [5, 5.41) is 6.46. The van der Waals surface area contributed by atoms with Crippen LogP contribution in [0.5, 0.6) is 5.75 Å². The number of carbonyl (C=O) groups excluding carboxylic acids is 1. The summed E-state index contributed by atoms with van der Waals surface area (Å²) < 4.78 is 5.65. The molecule has 0 atom stereocenters. The lowest BCUT2D eigenvalue weighted by atomic mass is 10.1. The lowest BCUT2D eigenvalue weighted by Gasteiger charge is -2.11. The summed E-state index contributed by atoms with van der Waals surface area (Å²) in [5.74, 6) is 1.06. The fourth-order valence-electron chi connectivity index (χ4n) is 2.12. The third-order valence-corrected chi connectivity index (χ3v) is 4.35. The van der Waals surface area contributed by atoms with Crippen molar-refractivity contribution < 1.29 is 9.53 Å². The molecule has 6 heteroatoms. The Morgan fingerprint density at radius 2 is 1.88 bits per heavy atom. The number of nitrogens with one attached hydrogen (secondary N) is 2. The molecule has 0 radical (unpaired) electrons. The number of rotatable bonds is 6. The molecule has 0 unspecified atom stereocenters. The Morgan fingerprint density at radius 3 is 2.50 bits per heavy atom. The van der Waals surface area contributed by atoms with E-state index in [0.29, 0.717) is 23.1 Å². The first-order valence-corrected chi connectivity index (χ1v) is 9.25. The van der Waals surface area contributed by atoms with Crippen LogP contribution in [0.15, 0.2) is 42.5 Å². The van der Waals surface area contributed by atoms with E-state index in [2.05, 4.69) is 24.5 Å². The maximum atomic E-state index is 12.3. The Kier molecular flexibility index (Phi) is 7.42. The van der Waals surface area contributed by atoms with Crippen molar-refractivity contribution in [2.45, 2.75) is 27.2 Å². The van der Waals surface area contributed by atoms with Crippen molar-refractivity contribution in [2.75, 3.05) is 11.9 Å². The van der Waals surface area contributed by atoms with Crippen LogP contribution in [0.1, 0.15) is 36.2 Å². The molecule has 1 amide bonds. The van der Waals surface area contributed by atoms with E-state index in [-0.39, 0.29) is 11.0 Å². The maximum Gasteiger partial charge on any atom is 0.257 e. The molecule has 2 N–H and O–H groups in total. The second-order valence-electron chi connectivity index (χ2n) is 6.43. The van der Waals surface area contributed by atoms with Crippen LogP contribution < -0.4 is 15.4 Å². The van der Waals surface area contributed by atoms with E-state index < -0.39 is 0 Å². The van der Waals surface area contributed by atoms with Crippen molar-refractivity contribution in [2.24, 2.45) is 5.92 Å². The van der Waals surface area contributed by atoms with Gasteiger partial charge in [0.15, 0.2) is 5.11 Å². The Hall–Kier alpha value is -2.11. The van der Waals surface area contributed by atoms with Crippen LogP contribution in [-0.2, 0) is 0 Å². The third-order valence-electron chi connectivity index (χ3n) is 3.74. The van der Waals surface area contributed by atoms with Crippen LogP contribution in [-0.4, -0.2) is 17.6 Å². The summed E-state index contributed by atoms with van der Waals surface area (Å²) in [6.07, 6.45) is 0.991. The number of carbonyl (C=O) groups is 1. The number of ether oxygens (including phenoxy) is 1. The summed E-state index contributed by atoms with van der Waals surface area (Å²) in [5.41, 5.74) is 2.20. The van der Waals surface area contributed by atoms with Crippen LogP contribution in [0, 0.1) is 12.8 Å². The number of thiocarbonyl (C=S) groups is 1. The van der Waals surface area contributed by atoms with Crippen LogP contribution in [0.25, 0.3) is 0 Å². The van der Waals surface area contributed by atoms with Gasteiger partial charge in [-0.25, -0.2) is 0 Å². The zero-order valence-corrected chi connectivity index (χ0v) is 16.7. The van der Waals surface area contributed by atoms with Crippen molar-refractivity contribution >= 4 is 40.5 Å². The van der Waals surface area contributed by atoms with Crippen molar-refractivity contribution in [3.63, 3.8) is 0 Å². The topological polar surface area (TPSA) is 50.4 Å². The smallest absolute Gasteiger partial charge is 0.257 e. The molecule has 26 heavy (non-hydrogen) atoms. The highest BCUT2D eigenvalue weighted by molar-refractivity contribution is 7.80. The van der Waals surface area contributed by atoms with E-state index in [0.717, 1.165) is 23.4 Å². The average molecular weight is 391 g/mol. The highest BCUT2D eigenvalue weighted by Gasteiger charge is 2.09. The average Bonchev–Trinajstić information content (AvgIpc) is 2.58. The number of amides is 1. The van der Waals surface area contributed by atoms with E-state index in [1.807, 2.05) is 19.1 Å². The van der Waals surface area contributed by atoms with Gasteiger partial charge in [0.25, 0.3) is 5.91 Å². The Morgan fingerprint density at radius 1 is 1.19 bits per heavy atom. The number of aryl methyl sites for hydroxylation is 1. The van der Waals surface area contributed by atoms with E-state index in [1.54, 1.807) is 30.3 Å². The van der Waals surface area contributed by atoms with Gasteiger partial charge < -0.3 is 10.1 Å². The van der Waals surface area contributed by atoms with Crippen LogP contribution in [0.3, 0.4) is 0 Å². The van der Waals surface area contributed by atoms with Gasteiger partial charge in [0.1, 0.15) is 5.75 Å². The predicted molar refractivity (Wildman–Crippen MR) is 111 cm³/mol. The molecular weight excluding hydrogens is 368 g/mol. The standard InChI is InChI=1S/C20H23ClN2O2S/c1-13(2)10-11-25-17-8-5-15(6-9-17)19(24)23-20(26)22-16-7-4-14(3)18(21)12-16/h4-9,12-13H,10-11H2,1-3H3,(H2,22,23,24,26). The largest absolute Gasteiger partial charge is 0.494 e. The molecule has 0 aromatic heterocycles. The summed E-state index contributed by atoms with van der Waals surface area (Å²) in [7, 11) is 0. The fourth-order valence-corrected chi connectivity index (χ4v) is 2.51. The normalized spacial score (nSPS) is 10.5. The molecule has 2 aromatic carbocycles. The number of anilines is 1. The fraction of sp³-hybridized carbons (Fsp3) is 0.300. The number of hydrogen-bond donors (Lipinski definition) is 2. The highest BCUT2D eigenvalue weighted by atomic mass is 35.5. The molecule has 0 spiro atoms. The lowest BCUT2D eigenvalue weighted by Crippen LogP contribution is -2.34. The summed E-state index contributed by atoms with van der Waals surface area (Å²) >= 11 is 11.3. The molecule has 0 heterocycles. The first-order chi connectivity index (χ1) is 12.3. The van der Waals surface area contributed by atoms with Crippen molar-refractivity contribution in [3.05, 3.63) is 58.6 Å². The SMILES string of the molecule is Cc1ccc(NC(=S)NC(=O)c2ccc(OCCC(C)C)cc2)cc1Cl. The van der Waals surface area contributed by atoms with Gasteiger partial charge in [-0.15, -0.1) is 0 Å². The highest BCUT2D eigenvalue weighted by Crippen LogP contribution is 2.20. The number of halogens is 1. The minimum atomic E-state index is -0.283. The zero-order chi connectivity index (χ0) is 19.1. The molecule has 2 aromatic rings. The first kappa shape index (κ1) is 20.2. The number of benzene rings is 2. The van der Waals surface area contributed by atoms with E-state index >= 15 is 0 Å². The molecule has 0 aliphatic heterocycles. The molecule has 138 valence electrons. The van der Waals surface area contributed by atoms with Gasteiger partial charge in [-0.2, -0.15) is 0 Å². The van der Waals surface area contributed by atoms with Crippen LogP contribution in [0.2, 0.25) is 5.02 Å². The van der Waals surface area contributed by atoms with Gasteiger partial charge in [0.05, 0.1) is 6.61 Å². The number of hydrogen-bond acceptors (Lipinski definition) is 3. The van der Waals surface area contributed by atoms with Crippen molar-refractivity contribution in [3.8, 4) is 5.75 Å². The van der Waals surface area contributed by atoms with Crippen molar-refractivity contribution in [1.82, 2.24) is 5.32 Å². The minimum absolute atomic E-state index is 0.215.